The quantitative estimate of drug-likeness (QED) is 0.802. The fourth-order valence-electron chi connectivity index (χ4n) is 3.58. The molecule has 1 fully saturated rings. The third-order valence-electron chi connectivity index (χ3n) is 4.84. The molecule has 1 aromatic carbocycles. The first-order chi connectivity index (χ1) is 11.0. The van der Waals surface area contributed by atoms with Crippen LogP contribution in [0.1, 0.15) is 38.2 Å². The van der Waals surface area contributed by atoms with E-state index in [1.54, 1.807) is 12.1 Å². The Hall–Kier alpha value is -1.42. The highest BCUT2D eigenvalue weighted by atomic mass is 19.1. The molecule has 0 saturated carbocycles. The number of likely N-dealkylation sites (tertiary alicyclic amines) is 1. The predicted molar refractivity (Wildman–Crippen MR) is 91.8 cm³/mol. The van der Waals surface area contributed by atoms with Crippen LogP contribution in [0.4, 0.5) is 4.39 Å². The van der Waals surface area contributed by atoms with Crippen LogP contribution in [0, 0.1) is 11.7 Å². The molecule has 0 N–H and O–H groups in total. The maximum Gasteiger partial charge on any atom is 0.222 e. The zero-order valence-electron chi connectivity index (χ0n) is 14.6. The highest BCUT2D eigenvalue weighted by molar-refractivity contribution is 5.76. The molecule has 2 rings (SSSR count). The first kappa shape index (κ1) is 17.9. The number of amides is 1. The van der Waals surface area contributed by atoms with E-state index in [-0.39, 0.29) is 11.7 Å². The summed E-state index contributed by atoms with van der Waals surface area (Å²) < 4.78 is 13.4. The van der Waals surface area contributed by atoms with Gasteiger partial charge in [0.1, 0.15) is 5.82 Å². The first-order valence-electron chi connectivity index (χ1n) is 8.70. The summed E-state index contributed by atoms with van der Waals surface area (Å²) in [4.78, 5) is 16.6. The number of piperidine rings is 1. The lowest BCUT2D eigenvalue weighted by molar-refractivity contribution is -0.134. The van der Waals surface area contributed by atoms with Crippen molar-refractivity contribution in [1.29, 1.82) is 0 Å². The molecule has 4 heteroatoms. The van der Waals surface area contributed by atoms with Crippen molar-refractivity contribution in [3.8, 4) is 0 Å². The Labute approximate surface area is 139 Å². The third kappa shape index (κ3) is 5.03. The Morgan fingerprint density at radius 3 is 2.83 bits per heavy atom. The number of hydrogen-bond acceptors (Lipinski definition) is 2. The van der Waals surface area contributed by atoms with Crippen LogP contribution in [0.2, 0.25) is 0 Å². The molecule has 0 aromatic heterocycles. The van der Waals surface area contributed by atoms with Gasteiger partial charge in [0, 0.05) is 25.6 Å². The average Bonchev–Trinajstić information content (AvgIpc) is 2.52. The molecule has 3 nitrogen and oxygen atoms in total. The number of carbonyl (C=O) groups excluding carboxylic acids is 1. The summed E-state index contributed by atoms with van der Waals surface area (Å²) in [7, 11) is 4.19. The number of halogens is 1. The van der Waals surface area contributed by atoms with Gasteiger partial charge in [-0.1, -0.05) is 25.5 Å². The molecule has 0 aliphatic carbocycles. The lowest BCUT2D eigenvalue weighted by atomic mass is 9.86. The van der Waals surface area contributed by atoms with Gasteiger partial charge in [0.25, 0.3) is 0 Å². The van der Waals surface area contributed by atoms with E-state index in [0.717, 1.165) is 44.3 Å². The second kappa shape index (κ2) is 8.44. The van der Waals surface area contributed by atoms with Gasteiger partial charge in [0.2, 0.25) is 5.91 Å². The van der Waals surface area contributed by atoms with Gasteiger partial charge in [-0.25, -0.2) is 4.39 Å². The van der Waals surface area contributed by atoms with Crippen LogP contribution in [0.5, 0.6) is 0 Å². The summed E-state index contributed by atoms with van der Waals surface area (Å²) in [5, 5.41) is 0. The van der Waals surface area contributed by atoms with Crippen molar-refractivity contribution in [3.63, 3.8) is 0 Å². The van der Waals surface area contributed by atoms with E-state index >= 15 is 0 Å². The second-order valence-corrected chi connectivity index (χ2v) is 6.86. The van der Waals surface area contributed by atoms with Gasteiger partial charge < -0.3 is 9.80 Å². The SMILES string of the molecule is CCCCC(=O)N1CC[C@H](N(C)C)[C@H](Cc2cccc(F)c2)C1. The molecule has 2 atom stereocenters. The molecular formula is C19H29FN2O. The molecule has 1 amide bonds. The van der Waals surface area contributed by atoms with Crippen molar-refractivity contribution in [2.24, 2.45) is 5.92 Å². The number of rotatable bonds is 6. The number of nitrogens with zero attached hydrogens (tertiary/aromatic N) is 2. The average molecular weight is 320 g/mol. The molecule has 128 valence electrons. The molecule has 0 radical (unpaired) electrons. The fraction of sp³-hybridized carbons (Fsp3) is 0.632. The molecule has 1 heterocycles. The standard InChI is InChI=1S/C19H29FN2O/c1-4-5-9-19(23)22-11-10-18(21(2)3)16(14-22)12-15-7-6-8-17(20)13-15/h6-8,13,16,18H,4-5,9-12,14H2,1-3H3/t16-,18+/m1/s1. The number of hydrogen-bond donors (Lipinski definition) is 0. The van der Waals surface area contributed by atoms with E-state index in [2.05, 4.69) is 25.9 Å². The molecule has 1 saturated heterocycles. The van der Waals surface area contributed by atoms with E-state index in [4.69, 9.17) is 0 Å². The summed E-state index contributed by atoms with van der Waals surface area (Å²) in [5.74, 6) is 0.440. The largest absolute Gasteiger partial charge is 0.342 e. The van der Waals surface area contributed by atoms with Gasteiger partial charge in [-0.3, -0.25) is 4.79 Å². The highest BCUT2D eigenvalue weighted by Gasteiger charge is 2.32. The fourth-order valence-corrected chi connectivity index (χ4v) is 3.58. The van der Waals surface area contributed by atoms with Crippen molar-refractivity contribution >= 4 is 5.91 Å². The predicted octanol–water partition coefficient (Wildman–Crippen LogP) is 3.34. The first-order valence-corrected chi connectivity index (χ1v) is 8.70. The Morgan fingerprint density at radius 2 is 2.17 bits per heavy atom. The summed E-state index contributed by atoms with van der Waals surface area (Å²) in [6.45, 7) is 3.73. The van der Waals surface area contributed by atoms with Crippen molar-refractivity contribution in [2.45, 2.75) is 45.1 Å². The molecular weight excluding hydrogens is 291 g/mol. The van der Waals surface area contributed by atoms with Crippen molar-refractivity contribution in [1.82, 2.24) is 9.80 Å². The smallest absolute Gasteiger partial charge is 0.222 e. The summed E-state index contributed by atoms with van der Waals surface area (Å²) in [6, 6.07) is 7.28. The molecule has 1 aromatic rings. The van der Waals surface area contributed by atoms with Gasteiger partial charge in [-0.2, -0.15) is 0 Å². The number of carbonyl (C=O) groups is 1. The van der Waals surface area contributed by atoms with Gasteiger partial charge in [0.15, 0.2) is 0 Å². The van der Waals surface area contributed by atoms with Crippen LogP contribution < -0.4 is 0 Å². The summed E-state index contributed by atoms with van der Waals surface area (Å²) >= 11 is 0. The Morgan fingerprint density at radius 1 is 1.39 bits per heavy atom. The lowest BCUT2D eigenvalue weighted by Gasteiger charge is -2.42. The number of unbranched alkanes of at least 4 members (excludes halogenated alkanes) is 1. The normalized spacial score (nSPS) is 21.7. The van der Waals surface area contributed by atoms with Crippen LogP contribution in [0.3, 0.4) is 0 Å². The molecule has 0 unspecified atom stereocenters. The minimum Gasteiger partial charge on any atom is -0.342 e. The highest BCUT2D eigenvalue weighted by Crippen LogP contribution is 2.25. The lowest BCUT2D eigenvalue weighted by Crippen LogP contribution is -2.51. The van der Waals surface area contributed by atoms with Gasteiger partial charge >= 0.3 is 0 Å². The Balaban J connectivity index is 2.06. The summed E-state index contributed by atoms with van der Waals surface area (Å²) in [5.41, 5.74) is 1.02. The van der Waals surface area contributed by atoms with E-state index in [0.29, 0.717) is 18.4 Å². The van der Waals surface area contributed by atoms with Gasteiger partial charge in [-0.05, 0) is 57.0 Å². The molecule has 0 spiro atoms. The maximum absolute atomic E-state index is 13.4. The van der Waals surface area contributed by atoms with Gasteiger partial charge in [0.05, 0.1) is 0 Å². The van der Waals surface area contributed by atoms with Crippen molar-refractivity contribution < 1.29 is 9.18 Å². The molecule has 1 aliphatic rings. The molecule has 1 aliphatic heterocycles. The third-order valence-corrected chi connectivity index (χ3v) is 4.84. The summed E-state index contributed by atoms with van der Waals surface area (Å²) in [6.07, 6.45) is 4.46. The van der Waals surface area contributed by atoms with Crippen LogP contribution in [-0.2, 0) is 11.2 Å². The van der Waals surface area contributed by atoms with E-state index in [9.17, 15) is 9.18 Å². The second-order valence-electron chi connectivity index (χ2n) is 6.86. The van der Waals surface area contributed by atoms with Crippen molar-refractivity contribution in [3.05, 3.63) is 35.6 Å². The van der Waals surface area contributed by atoms with E-state index < -0.39 is 0 Å². The van der Waals surface area contributed by atoms with E-state index in [1.807, 2.05) is 11.0 Å². The molecule has 23 heavy (non-hydrogen) atoms. The monoisotopic (exact) mass is 320 g/mol. The Kier molecular flexibility index (Phi) is 6.58. The zero-order valence-corrected chi connectivity index (χ0v) is 14.6. The van der Waals surface area contributed by atoms with Crippen LogP contribution in [0.15, 0.2) is 24.3 Å². The topological polar surface area (TPSA) is 23.6 Å². The van der Waals surface area contributed by atoms with Gasteiger partial charge in [-0.15, -0.1) is 0 Å². The van der Waals surface area contributed by atoms with E-state index in [1.165, 1.54) is 6.07 Å². The van der Waals surface area contributed by atoms with Crippen LogP contribution in [0.25, 0.3) is 0 Å². The number of benzene rings is 1. The minimum atomic E-state index is -0.185. The zero-order chi connectivity index (χ0) is 16.8. The molecule has 0 bridgehead atoms. The maximum atomic E-state index is 13.4. The van der Waals surface area contributed by atoms with Crippen LogP contribution in [-0.4, -0.2) is 48.9 Å². The minimum absolute atomic E-state index is 0.185. The van der Waals surface area contributed by atoms with Crippen molar-refractivity contribution in [2.75, 3.05) is 27.2 Å². The van der Waals surface area contributed by atoms with Crippen LogP contribution >= 0.6 is 0 Å². The Bertz CT molecular complexity index is 518.